The van der Waals surface area contributed by atoms with Crippen molar-refractivity contribution in [3.63, 3.8) is 0 Å². The van der Waals surface area contributed by atoms with Crippen LogP contribution in [0.3, 0.4) is 0 Å². The van der Waals surface area contributed by atoms with Crippen LogP contribution < -0.4 is 0 Å². The summed E-state index contributed by atoms with van der Waals surface area (Å²) in [6, 6.07) is 14.0. The Labute approximate surface area is 210 Å². The molecule has 0 nitrogen and oxygen atoms in total. The van der Waals surface area contributed by atoms with E-state index in [9.17, 15) is 0 Å². The Morgan fingerprint density at radius 2 is 1.13 bits per heavy atom. The number of halogens is 1. The second-order valence-electron chi connectivity index (χ2n) is 9.54. The Kier molecular flexibility index (Phi) is 10.3. The molecular weight excluding hydrogens is 507 g/mol. The quantitative estimate of drug-likeness (QED) is 0.136. The molecule has 0 amide bonds. The highest BCUT2D eigenvalue weighted by Crippen LogP contribution is 2.54. The lowest BCUT2D eigenvalue weighted by molar-refractivity contribution is 0.397. The summed E-state index contributed by atoms with van der Waals surface area (Å²) in [5.41, 5.74) is 6.26. The van der Waals surface area contributed by atoms with Crippen LogP contribution in [0.5, 0.6) is 0 Å². The monoisotopic (exact) mass is 548 g/mol. The van der Waals surface area contributed by atoms with Crippen LogP contribution in [0.15, 0.2) is 41.3 Å². The van der Waals surface area contributed by atoms with E-state index in [1.54, 1.807) is 11.1 Å². The molecule has 1 aliphatic rings. The first-order valence-electron chi connectivity index (χ1n) is 12.8. The zero-order chi connectivity index (χ0) is 22.1. The van der Waals surface area contributed by atoms with Gasteiger partial charge < -0.3 is 0 Å². The lowest BCUT2D eigenvalue weighted by Gasteiger charge is -2.33. The molecule has 0 N–H and O–H groups in total. The molecule has 2 heteroatoms. The maximum Gasteiger partial charge on any atom is 0.0216 e. The molecule has 0 atom stereocenters. The highest BCUT2D eigenvalue weighted by atomic mass is 127. The van der Waals surface area contributed by atoms with E-state index in [0.717, 1.165) is 4.90 Å². The molecule has 0 saturated heterocycles. The third kappa shape index (κ3) is 6.31. The average Bonchev–Trinajstić information content (AvgIpc) is 3.02. The Morgan fingerprint density at radius 1 is 0.645 bits per heavy atom. The highest BCUT2D eigenvalue weighted by Gasteiger charge is 2.42. The lowest BCUT2D eigenvalue weighted by atomic mass is 9.70. The van der Waals surface area contributed by atoms with Crippen LogP contribution in [0.4, 0.5) is 0 Å². The summed E-state index contributed by atoms with van der Waals surface area (Å²) in [5, 5.41) is 0. The molecule has 31 heavy (non-hydrogen) atoms. The molecule has 2 aromatic rings. The fraction of sp³-hybridized carbons (Fsp3) is 0.586. The smallest absolute Gasteiger partial charge is 0.0216 e. The zero-order valence-electron chi connectivity index (χ0n) is 19.7. The first-order valence-corrected chi connectivity index (χ1v) is 14.3. The third-order valence-electron chi connectivity index (χ3n) is 7.22. The standard InChI is InChI=1S/C29H41IS/c1-3-5-7-9-11-13-19-29(20-14-12-10-8-6-4-2)27-21-23(30)15-17-25(27)26-18-16-24(31)22-28(26)29/h15-18,21-22,31H,3-14,19-20H2,1-2H3. The predicted molar refractivity (Wildman–Crippen MR) is 149 cm³/mol. The summed E-state index contributed by atoms with van der Waals surface area (Å²) >= 11 is 7.26. The van der Waals surface area contributed by atoms with E-state index >= 15 is 0 Å². The van der Waals surface area contributed by atoms with Gasteiger partial charge in [0.2, 0.25) is 0 Å². The minimum Gasteiger partial charge on any atom is -0.143 e. The number of unbranched alkanes of at least 4 members (excludes halogenated alkanes) is 10. The van der Waals surface area contributed by atoms with E-state index in [2.05, 4.69) is 72.8 Å². The summed E-state index contributed by atoms with van der Waals surface area (Å²) in [6.45, 7) is 4.61. The van der Waals surface area contributed by atoms with Gasteiger partial charge in [-0.3, -0.25) is 0 Å². The van der Waals surface area contributed by atoms with E-state index in [4.69, 9.17) is 12.6 Å². The van der Waals surface area contributed by atoms with Crippen molar-refractivity contribution in [2.24, 2.45) is 0 Å². The molecule has 0 bridgehead atoms. The van der Waals surface area contributed by atoms with Crippen LogP contribution in [0.1, 0.15) is 115 Å². The fourth-order valence-electron chi connectivity index (χ4n) is 5.53. The van der Waals surface area contributed by atoms with Crippen LogP contribution >= 0.6 is 35.2 Å². The topological polar surface area (TPSA) is 0 Å². The number of hydrogen-bond donors (Lipinski definition) is 1. The summed E-state index contributed by atoms with van der Waals surface area (Å²) < 4.78 is 1.37. The second-order valence-corrected chi connectivity index (χ2v) is 11.3. The molecule has 170 valence electrons. The van der Waals surface area contributed by atoms with Crippen LogP contribution in [0.25, 0.3) is 11.1 Å². The van der Waals surface area contributed by atoms with Crippen LogP contribution in [-0.4, -0.2) is 0 Å². The molecule has 3 rings (SSSR count). The summed E-state index contributed by atoms with van der Waals surface area (Å²) in [5.74, 6) is 0. The van der Waals surface area contributed by atoms with Gasteiger partial charge in [-0.25, -0.2) is 0 Å². The van der Waals surface area contributed by atoms with Gasteiger partial charge in [-0.1, -0.05) is 103 Å². The molecule has 2 aromatic carbocycles. The van der Waals surface area contributed by atoms with Gasteiger partial charge in [-0.2, -0.15) is 0 Å². The number of thiol groups is 1. The van der Waals surface area contributed by atoms with Gasteiger partial charge in [0, 0.05) is 13.9 Å². The second kappa shape index (κ2) is 12.7. The molecule has 0 spiro atoms. The zero-order valence-corrected chi connectivity index (χ0v) is 22.7. The van der Waals surface area contributed by atoms with Gasteiger partial charge in [0.1, 0.15) is 0 Å². The van der Waals surface area contributed by atoms with Gasteiger partial charge in [0.15, 0.2) is 0 Å². The summed E-state index contributed by atoms with van der Waals surface area (Å²) in [4.78, 5) is 1.11. The molecule has 0 heterocycles. The van der Waals surface area contributed by atoms with E-state index in [1.165, 1.54) is 105 Å². The summed E-state index contributed by atoms with van der Waals surface area (Å²) in [7, 11) is 0. The van der Waals surface area contributed by atoms with Gasteiger partial charge >= 0.3 is 0 Å². The first kappa shape index (κ1) is 25.1. The molecule has 1 aliphatic carbocycles. The Balaban J connectivity index is 1.85. The molecule has 0 saturated carbocycles. The van der Waals surface area contributed by atoms with Gasteiger partial charge in [0.25, 0.3) is 0 Å². The van der Waals surface area contributed by atoms with Gasteiger partial charge in [0.05, 0.1) is 0 Å². The maximum absolute atomic E-state index is 4.75. The van der Waals surface area contributed by atoms with E-state index in [-0.39, 0.29) is 5.41 Å². The largest absolute Gasteiger partial charge is 0.143 e. The van der Waals surface area contributed by atoms with Gasteiger partial charge in [-0.05, 0) is 82.0 Å². The third-order valence-corrected chi connectivity index (χ3v) is 8.17. The lowest BCUT2D eigenvalue weighted by Crippen LogP contribution is -2.25. The molecule has 0 fully saturated rings. The van der Waals surface area contributed by atoms with Crippen molar-refractivity contribution in [1.82, 2.24) is 0 Å². The normalized spacial score (nSPS) is 13.9. The minimum atomic E-state index is 0.181. The van der Waals surface area contributed by atoms with Gasteiger partial charge in [-0.15, -0.1) is 12.6 Å². The number of rotatable bonds is 14. The van der Waals surface area contributed by atoms with E-state index in [1.807, 2.05) is 0 Å². The molecular formula is C29H41IS. The van der Waals surface area contributed by atoms with E-state index in [0.29, 0.717) is 0 Å². The van der Waals surface area contributed by atoms with Crippen molar-refractivity contribution in [2.45, 2.75) is 114 Å². The SMILES string of the molecule is CCCCCCCCC1(CCCCCCCC)c2cc(S)ccc2-c2ccc(I)cc21. The van der Waals surface area contributed by atoms with Crippen molar-refractivity contribution in [1.29, 1.82) is 0 Å². The molecule has 0 aromatic heterocycles. The van der Waals surface area contributed by atoms with Crippen LogP contribution in [0.2, 0.25) is 0 Å². The van der Waals surface area contributed by atoms with Crippen molar-refractivity contribution >= 4 is 35.2 Å². The molecule has 0 radical (unpaired) electrons. The Morgan fingerprint density at radius 3 is 1.71 bits per heavy atom. The van der Waals surface area contributed by atoms with Crippen LogP contribution in [0, 0.1) is 3.57 Å². The number of fused-ring (bicyclic) bond motifs is 3. The minimum absolute atomic E-state index is 0.181. The maximum atomic E-state index is 4.75. The number of benzene rings is 2. The predicted octanol–water partition coefficient (Wildman–Crippen LogP) is 10.3. The Hall–Kier alpha value is -0.480. The fourth-order valence-corrected chi connectivity index (χ4v) is 6.23. The number of hydrogen-bond acceptors (Lipinski definition) is 1. The van der Waals surface area contributed by atoms with E-state index < -0.39 is 0 Å². The van der Waals surface area contributed by atoms with Crippen molar-refractivity contribution in [2.75, 3.05) is 0 Å². The first-order chi connectivity index (χ1) is 15.1. The van der Waals surface area contributed by atoms with Crippen molar-refractivity contribution in [3.8, 4) is 11.1 Å². The van der Waals surface area contributed by atoms with Crippen molar-refractivity contribution in [3.05, 3.63) is 51.1 Å². The Bertz CT molecular complexity index is 756. The van der Waals surface area contributed by atoms with Crippen LogP contribution in [-0.2, 0) is 5.41 Å². The summed E-state index contributed by atoms with van der Waals surface area (Å²) in [6.07, 6.45) is 19.0. The average molecular weight is 549 g/mol. The van der Waals surface area contributed by atoms with Crippen molar-refractivity contribution < 1.29 is 0 Å². The highest BCUT2D eigenvalue weighted by molar-refractivity contribution is 14.1. The molecule has 0 aliphatic heterocycles. The molecule has 0 unspecified atom stereocenters.